The van der Waals surface area contributed by atoms with Crippen LogP contribution in [0.1, 0.15) is 39.5 Å². The van der Waals surface area contributed by atoms with Crippen molar-refractivity contribution < 1.29 is 19.1 Å². The molecule has 0 radical (unpaired) electrons. The number of rotatable bonds is 10. The van der Waals surface area contributed by atoms with E-state index in [2.05, 4.69) is 15.6 Å². The van der Waals surface area contributed by atoms with E-state index in [4.69, 9.17) is 9.47 Å². The van der Waals surface area contributed by atoms with E-state index in [0.29, 0.717) is 25.7 Å². The van der Waals surface area contributed by atoms with Crippen LogP contribution in [0.5, 0.6) is 0 Å². The highest BCUT2D eigenvalue weighted by atomic mass is 127. The number of amides is 2. The molecule has 0 aliphatic carbocycles. The summed E-state index contributed by atoms with van der Waals surface area (Å²) < 4.78 is 10.4. The number of hydrogen-bond donors (Lipinski definition) is 2. The molecule has 0 saturated carbocycles. The lowest BCUT2D eigenvalue weighted by Gasteiger charge is -2.32. The fourth-order valence-corrected chi connectivity index (χ4v) is 2.74. The molecule has 1 rings (SSSR count). The molecule has 9 nitrogen and oxygen atoms in total. The van der Waals surface area contributed by atoms with Gasteiger partial charge in [-0.1, -0.05) is 0 Å². The van der Waals surface area contributed by atoms with Crippen LogP contribution in [0.4, 0.5) is 4.79 Å². The van der Waals surface area contributed by atoms with Gasteiger partial charge in [0.05, 0.1) is 6.61 Å². The number of unbranched alkanes of at least 4 members (excludes halogenated alkanes) is 1. The Kier molecular flexibility index (Phi) is 15.8. The molecule has 2 N–H and O–H groups in total. The number of piperidine rings is 1. The number of carbonyl (C=O) groups is 2. The van der Waals surface area contributed by atoms with Crippen molar-refractivity contribution >= 4 is 41.9 Å². The molecule has 0 aromatic heterocycles. The molecule has 0 aromatic carbocycles. The first-order valence-corrected chi connectivity index (χ1v) is 10.2. The monoisotopic (exact) mass is 527 g/mol. The van der Waals surface area contributed by atoms with Gasteiger partial charge in [-0.2, -0.15) is 0 Å². The van der Waals surface area contributed by atoms with E-state index in [0.717, 1.165) is 45.4 Å². The lowest BCUT2D eigenvalue weighted by atomic mass is 10.1. The number of likely N-dealkylation sites (tertiary alicyclic amines) is 1. The summed E-state index contributed by atoms with van der Waals surface area (Å²) in [5, 5.41) is 6.70. The molecule has 0 atom stereocenters. The average molecular weight is 527 g/mol. The molecule has 2 amide bonds. The number of nitrogens with zero attached hydrogens (tertiary/aromatic N) is 3. The highest BCUT2D eigenvalue weighted by molar-refractivity contribution is 14.0. The molecule has 1 fully saturated rings. The van der Waals surface area contributed by atoms with E-state index < -0.39 is 0 Å². The van der Waals surface area contributed by atoms with Gasteiger partial charge in [0.25, 0.3) is 0 Å². The Bertz CT molecular complexity index is 497. The van der Waals surface area contributed by atoms with Gasteiger partial charge < -0.3 is 29.9 Å². The molecule has 1 aliphatic rings. The molecule has 1 heterocycles. The highest BCUT2D eigenvalue weighted by Gasteiger charge is 2.24. The standard InChI is InChI=1S/C19H37N5O4.HI/c1-5-27-14-8-7-11-20-18(21-15-17(25)23(3)4)22-16-9-12-24(13-10-16)19(26)28-6-2;/h16H,5-15H2,1-4H3,(H2,20,21,22);1H. The number of aliphatic imine (C=N–C) groups is 1. The Morgan fingerprint density at radius 3 is 2.41 bits per heavy atom. The zero-order chi connectivity index (χ0) is 20.8. The molecular weight excluding hydrogens is 489 g/mol. The van der Waals surface area contributed by atoms with Gasteiger partial charge in [-0.25, -0.2) is 9.79 Å². The van der Waals surface area contributed by atoms with Crippen LogP contribution in [0.15, 0.2) is 4.99 Å². The minimum absolute atomic E-state index is 0. The van der Waals surface area contributed by atoms with Crippen molar-refractivity contribution in [3.05, 3.63) is 0 Å². The SMILES string of the molecule is CCOCCCCNC(=NCC(=O)N(C)C)NC1CCN(C(=O)OCC)CC1.I. The van der Waals surface area contributed by atoms with Gasteiger partial charge in [0.15, 0.2) is 5.96 Å². The van der Waals surface area contributed by atoms with Crippen LogP contribution in [-0.2, 0) is 14.3 Å². The van der Waals surface area contributed by atoms with Crippen molar-refractivity contribution in [3.63, 3.8) is 0 Å². The molecule has 0 unspecified atom stereocenters. The second-order valence-corrected chi connectivity index (χ2v) is 6.89. The molecule has 10 heteroatoms. The van der Waals surface area contributed by atoms with Crippen molar-refractivity contribution in [1.82, 2.24) is 20.4 Å². The zero-order valence-electron chi connectivity index (χ0n) is 18.2. The Hall–Kier alpha value is -1.30. The summed E-state index contributed by atoms with van der Waals surface area (Å²) in [7, 11) is 3.44. The van der Waals surface area contributed by atoms with Gasteiger partial charge in [0.1, 0.15) is 6.54 Å². The van der Waals surface area contributed by atoms with E-state index in [1.807, 2.05) is 13.8 Å². The molecule has 1 saturated heterocycles. The summed E-state index contributed by atoms with van der Waals surface area (Å²) >= 11 is 0. The number of halogens is 1. The van der Waals surface area contributed by atoms with E-state index in [1.165, 1.54) is 4.90 Å². The second-order valence-electron chi connectivity index (χ2n) is 6.89. The molecule has 0 bridgehead atoms. The third-order valence-electron chi connectivity index (χ3n) is 4.45. The van der Waals surface area contributed by atoms with Crippen LogP contribution in [0, 0.1) is 0 Å². The maximum Gasteiger partial charge on any atom is 0.409 e. The number of likely N-dealkylation sites (N-methyl/N-ethyl adjacent to an activating group) is 1. The minimum Gasteiger partial charge on any atom is -0.450 e. The van der Waals surface area contributed by atoms with Gasteiger partial charge in [-0.05, 0) is 39.5 Å². The highest BCUT2D eigenvalue weighted by Crippen LogP contribution is 2.11. The third-order valence-corrected chi connectivity index (χ3v) is 4.45. The molecule has 29 heavy (non-hydrogen) atoms. The van der Waals surface area contributed by atoms with E-state index in [1.54, 1.807) is 19.0 Å². The van der Waals surface area contributed by atoms with Gasteiger partial charge in [-0.3, -0.25) is 4.79 Å². The van der Waals surface area contributed by atoms with Crippen LogP contribution in [0.25, 0.3) is 0 Å². The molecule has 0 spiro atoms. The van der Waals surface area contributed by atoms with E-state index in [-0.39, 0.29) is 48.6 Å². The first-order valence-electron chi connectivity index (χ1n) is 10.2. The van der Waals surface area contributed by atoms with Gasteiger partial charge in [0.2, 0.25) is 5.91 Å². The summed E-state index contributed by atoms with van der Waals surface area (Å²) in [4.78, 5) is 31.4. The first-order chi connectivity index (χ1) is 13.5. The van der Waals surface area contributed by atoms with Crippen molar-refractivity contribution in [2.75, 3.05) is 60.1 Å². The van der Waals surface area contributed by atoms with Crippen LogP contribution >= 0.6 is 24.0 Å². The van der Waals surface area contributed by atoms with Crippen LogP contribution in [-0.4, -0.2) is 93.9 Å². The van der Waals surface area contributed by atoms with Crippen molar-refractivity contribution in [1.29, 1.82) is 0 Å². The van der Waals surface area contributed by atoms with Crippen molar-refractivity contribution in [2.45, 2.75) is 45.6 Å². The Balaban J connectivity index is 0.00000784. The zero-order valence-corrected chi connectivity index (χ0v) is 20.6. The summed E-state index contributed by atoms with van der Waals surface area (Å²) in [5.74, 6) is 0.593. The summed E-state index contributed by atoms with van der Waals surface area (Å²) in [6.07, 6.45) is 3.31. The molecule has 1 aliphatic heterocycles. The lowest BCUT2D eigenvalue weighted by molar-refractivity contribution is -0.127. The average Bonchev–Trinajstić information content (AvgIpc) is 2.68. The number of hydrogen-bond acceptors (Lipinski definition) is 5. The van der Waals surface area contributed by atoms with Crippen LogP contribution in [0.3, 0.4) is 0 Å². The van der Waals surface area contributed by atoms with Gasteiger partial charge >= 0.3 is 6.09 Å². The number of carbonyl (C=O) groups excluding carboxylic acids is 2. The second kappa shape index (κ2) is 16.5. The van der Waals surface area contributed by atoms with E-state index in [9.17, 15) is 9.59 Å². The molecule has 0 aromatic rings. The fourth-order valence-electron chi connectivity index (χ4n) is 2.74. The third kappa shape index (κ3) is 12.1. The number of guanidine groups is 1. The van der Waals surface area contributed by atoms with Crippen molar-refractivity contribution in [3.8, 4) is 0 Å². The first kappa shape index (κ1) is 27.7. The number of nitrogens with one attached hydrogen (secondary N) is 2. The van der Waals surface area contributed by atoms with Gasteiger partial charge in [-0.15, -0.1) is 24.0 Å². The smallest absolute Gasteiger partial charge is 0.409 e. The van der Waals surface area contributed by atoms with Crippen molar-refractivity contribution in [2.24, 2.45) is 4.99 Å². The normalized spacial score (nSPS) is 14.8. The summed E-state index contributed by atoms with van der Waals surface area (Å²) in [5.41, 5.74) is 0. The van der Waals surface area contributed by atoms with Crippen LogP contribution < -0.4 is 10.6 Å². The predicted molar refractivity (Wildman–Crippen MR) is 125 cm³/mol. The Morgan fingerprint density at radius 2 is 1.83 bits per heavy atom. The quantitative estimate of drug-likeness (QED) is 0.194. The number of ether oxygens (including phenoxy) is 2. The Morgan fingerprint density at radius 1 is 1.14 bits per heavy atom. The molecule has 170 valence electrons. The predicted octanol–water partition coefficient (Wildman–Crippen LogP) is 1.67. The Labute approximate surface area is 192 Å². The van der Waals surface area contributed by atoms with Gasteiger partial charge in [0, 0.05) is 53.0 Å². The maximum atomic E-state index is 11.9. The fraction of sp³-hybridized carbons (Fsp3) is 0.842. The maximum absolute atomic E-state index is 11.9. The summed E-state index contributed by atoms with van der Waals surface area (Å²) in [6.45, 7) is 7.83. The van der Waals surface area contributed by atoms with Crippen LogP contribution in [0.2, 0.25) is 0 Å². The summed E-state index contributed by atoms with van der Waals surface area (Å²) in [6, 6.07) is 0.204. The lowest BCUT2D eigenvalue weighted by Crippen LogP contribution is -2.50. The molecular formula is C19H38IN5O4. The largest absolute Gasteiger partial charge is 0.450 e. The van der Waals surface area contributed by atoms with E-state index >= 15 is 0 Å². The minimum atomic E-state index is -0.251. The topological polar surface area (TPSA) is 95.5 Å².